The van der Waals surface area contributed by atoms with Gasteiger partial charge in [-0.2, -0.15) is 0 Å². The van der Waals surface area contributed by atoms with Crippen molar-refractivity contribution in [3.8, 4) is 0 Å². The SMILES string of the molecule is CCO[C@@H]1C=C[C@@H]2OC(=O)OC[C@H]2O1. The summed E-state index contributed by atoms with van der Waals surface area (Å²) < 4.78 is 20.3. The van der Waals surface area contributed by atoms with E-state index in [2.05, 4.69) is 0 Å². The second-order valence-corrected chi connectivity index (χ2v) is 3.03. The average molecular weight is 200 g/mol. The third-order valence-electron chi connectivity index (χ3n) is 2.06. The van der Waals surface area contributed by atoms with Crippen molar-refractivity contribution in [3.05, 3.63) is 12.2 Å². The maximum Gasteiger partial charge on any atom is 0.509 e. The molecular weight excluding hydrogens is 188 g/mol. The third-order valence-corrected chi connectivity index (χ3v) is 2.06. The third kappa shape index (κ3) is 1.88. The van der Waals surface area contributed by atoms with E-state index >= 15 is 0 Å². The molecule has 0 radical (unpaired) electrons. The minimum absolute atomic E-state index is 0.220. The van der Waals surface area contributed by atoms with Crippen molar-refractivity contribution < 1.29 is 23.7 Å². The van der Waals surface area contributed by atoms with Crippen molar-refractivity contribution in [1.29, 1.82) is 0 Å². The smallest absolute Gasteiger partial charge is 0.431 e. The molecule has 0 aliphatic carbocycles. The lowest BCUT2D eigenvalue weighted by Crippen LogP contribution is -2.46. The molecule has 0 unspecified atom stereocenters. The number of hydrogen-bond acceptors (Lipinski definition) is 5. The zero-order valence-corrected chi connectivity index (χ0v) is 7.84. The van der Waals surface area contributed by atoms with Crippen molar-refractivity contribution in [1.82, 2.24) is 0 Å². The van der Waals surface area contributed by atoms with Gasteiger partial charge in [-0.1, -0.05) is 0 Å². The van der Waals surface area contributed by atoms with Crippen LogP contribution in [0.1, 0.15) is 6.92 Å². The van der Waals surface area contributed by atoms with Gasteiger partial charge in [-0.25, -0.2) is 4.79 Å². The summed E-state index contributed by atoms with van der Waals surface area (Å²) in [5.74, 6) is 0. The van der Waals surface area contributed by atoms with E-state index in [1.165, 1.54) is 0 Å². The molecule has 2 heterocycles. The Morgan fingerprint density at radius 3 is 3.21 bits per heavy atom. The number of carbonyl (C=O) groups excluding carboxylic acids is 1. The van der Waals surface area contributed by atoms with Crippen LogP contribution in [-0.4, -0.2) is 37.9 Å². The van der Waals surface area contributed by atoms with E-state index in [4.69, 9.17) is 18.9 Å². The van der Waals surface area contributed by atoms with Crippen LogP contribution in [0.2, 0.25) is 0 Å². The summed E-state index contributed by atoms with van der Waals surface area (Å²) in [6.07, 6.45) is 1.91. The number of fused-ring (bicyclic) bond motifs is 1. The quantitative estimate of drug-likeness (QED) is 0.488. The first-order chi connectivity index (χ1) is 6.79. The predicted octanol–water partition coefficient (Wildman–Crippen LogP) is 0.839. The molecule has 0 aromatic heterocycles. The second kappa shape index (κ2) is 3.98. The summed E-state index contributed by atoms with van der Waals surface area (Å²) in [7, 11) is 0. The Balaban J connectivity index is 1.98. The van der Waals surface area contributed by atoms with Gasteiger partial charge in [0.05, 0.1) is 0 Å². The molecule has 2 aliphatic heterocycles. The van der Waals surface area contributed by atoms with E-state index in [9.17, 15) is 4.79 Å². The van der Waals surface area contributed by atoms with Crippen molar-refractivity contribution >= 4 is 6.16 Å². The highest BCUT2D eigenvalue weighted by molar-refractivity contribution is 5.61. The van der Waals surface area contributed by atoms with E-state index in [1.807, 2.05) is 6.92 Å². The largest absolute Gasteiger partial charge is 0.509 e. The lowest BCUT2D eigenvalue weighted by Gasteiger charge is -2.33. The van der Waals surface area contributed by atoms with Gasteiger partial charge < -0.3 is 18.9 Å². The normalized spacial score (nSPS) is 35.8. The molecule has 5 heteroatoms. The van der Waals surface area contributed by atoms with Crippen molar-refractivity contribution in [2.75, 3.05) is 13.2 Å². The Labute approximate surface area is 81.6 Å². The zero-order chi connectivity index (χ0) is 9.97. The van der Waals surface area contributed by atoms with Gasteiger partial charge in [0.2, 0.25) is 0 Å². The molecule has 78 valence electrons. The minimum atomic E-state index is -0.644. The highest BCUT2D eigenvalue weighted by Crippen LogP contribution is 2.21. The van der Waals surface area contributed by atoms with Gasteiger partial charge in [-0.3, -0.25) is 0 Å². The van der Waals surface area contributed by atoms with Gasteiger partial charge >= 0.3 is 6.16 Å². The molecule has 1 saturated heterocycles. The maximum absolute atomic E-state index is 10.8. The Hall–Kier alpha value is -1.07. The Morgan fingerprint density at radius 1 is 1.57 bits per heavy atom. The predicted molar refractivity (Wildman–Crippen MR) is 45.6 cm³/mol. The van der Waals surface area contributed by atoms with Crippen molar-refractivity contribution in [2.24, 2.45) is 0 Å². The van der Waals surface area contributed by atoms with Crippen LogP contribution in [0.4, 0.5) is 4.79 Å². The van der Waals surface area contributed by atoms with Gasteiger partial charge in [0, 0.05) is 6.61 Å². The number of rotatable bonds is 2. The summed E-state index contributed by atoms with van der Waals surface area (Å²) in [6, 6.07) is 0. The molecule has 14 heavy (non-hydrogen) atoms. The molecule has 0 amide bonds. The first kappa shape index (κ1) is 9.48. The van der Waals surface area contributed by atoms with Gasteiger partial charge in [-0.05, 0) is 19.1 Å². The van der Waals surface area contributed by atoms with Gasteiger partial charge in [0.1, 0.15) is 12.7 Å². The zero-order valence-electron chi connectivity index (χ0n) is 7.84. The van der Waals surface area contributed by atoms with Crippen LogP contribution in [0.5, 0.6) is 0 Å². The van der Waals surface area contributed by atoms with Crippen LogP contribution in [0.3, 0.4) is 0 Å². The summed E-state index contributed by atoms with van der Waals surface area (Å²) in [5.41, 5.74) is 0. The molecule has 0 spiro atoms. The fourth-order valence-electron chi connectivity index (χ4n) is 1.42. The summed E-state index contributed by atoms with van der Waals surface area (Å²) in [4.78, 5) is 10.8. The molecule has 0 N–H and O–H groups in total. The maximum atomic E-state index is 10.8. The highest BCUT2D eigenvalue weighted by Gasteiger charge is 2.35. The molecule has 0 bridgehead atoms. The molecule has 0 saturated carbocycles. The Morgan fingerprint density at radius 2 is 2.43 bits per heavy atom. The molecule has 0 aromatic rings. The molecular formula is C9H12O5. The number of ether oxygens (including phenoxy) is 4. The standard InChI is InChI=1S/C9H12O5/c1-2-11-8-4-3-6-7(13-8)5-12-9(10)14-6/h3-4,6-8H,2,5H2,1H3/t6-,7+,8-/m0/s1. The van der Waals surface area contributed by atoms with Crippen LogP contribution in [0, 0.1) is 0 Å². The molecule has 2 rings (SSSR count). The second-order valence-electron chi connectivity index (χ2n) is 3.03. The summed E-state index contributed by atoms with van der Waals surface area (Å²) >= 11 is 0. The topological polar surface area (TPSA) is 54.0 Å². The number of hydrogen-bond donors (Lipinski definition) is 0. The Bertz CT molecular complexity index is 250. The average Bonchev–Trinajstić information content (AvgIpc) is 2.19. The lowest BCUT2D eigenvalue weighted by molar-refractivity contribution is -0.198. The van der Waals surface area contributed by atoms with E-state index in [0.717, 1.165) is 0 Å². The number of carbonyl (C=O) groups is 1. The van der Waals surface area contributed by atoms with Crippen LogP contribution in [0.15, 0.2) is 12.2 Å². The van der Waals surface area contributed by atoms with Crippen LogP contribution in [0.25, 0.3) is 0 Å². The molecule has 0 aromatic carbocycles. The Kier molecular flexibility index (Phi) is 2.69. The molecule has 2 aliphatic rings. The van der Waals surface area contributed by atoms with Crippen molar-refractivity contribution in [3.63, 3.8) is 0 Å². The first-order valence-electron chi connectivity index (χ1n) is 4.58. The lowest BCUT2D eigenvalue weighted by atomic mass is 10.1. The molecule has 3 atom stereocenters. The van der Waals surface area contributed by atoms with Crippen molar-refractivity contribution in [2.45, 2.75) is 25.4 Å². The van der Waals surface area contributed by atoms with Crippen LogP contribution >= 0.6 is 0 Å². The molecule has 5 nitrogen and oxygen atoms in total. The van der Waals surface area contributed by atoms with Gasteiger partial charge in [0.25, 0.3) is 0 Å². The van der Waals surface area contributed by atoms with E-state index in [0.29, 0.717) is 6.61 Å². The van der Waals surface area contributed by atoms with E-state index < -0.39 is 6.16 Å². The van der Waals surface area contributed by atoms with Crippen LogP contribution < -0.4 is 0 Å². The van der Waals surface area contributed by atoms with E-state index in [1.54, 1.807) is 12.2 Å². The highest BCUT2D eigenvalue weighted by atomic mass is 16.8. The van der Waals surface area contributed by atoms with Gasteiger partial charge in [0.15, 0.2) is 12.4 Å². The van der Waals surface area contributed by atoms with Crippen LogP contribution in [-0.2, 0) is 18.9 Å². The monoisotopic (exact) mass is 200 g/mol. The van der Waals surface area contributed by atoms with E-state index in [-0.39, 0.29) is 25.1 Å². The molecule has 1 fully saturated rings. The summed E-state index contributed by atoms with van der Waals surface area (Å²) in [5, 5.41) is 0. The minimum Gasteiger partial charge on any atom is -0.431 e. The number of cyclic esters (lactones) is 1. The fraction of sp³-hybridized carbons (Fsp3) is 0.667. The van der Waals surface area contributed by atoms with Gasteiger partial charge in [-0.15, -0.1) is 0 Å². The fourth-order valence-corrected chi connectivity index (χ4v) is 1.42. The summed E-state index contributed by atoms with van der Waals surface area (Å²) in [6.45, 7) is 2.69. The first-order valence-corrected chi connectivity index (χ1v) is 4.58.